The molecule has 6 nitrogen and oxygen atoms in total. The highest BCUT2D eigenvalue weighted by molar-refractivity contribution is 7.92. The highest BCUT2D eigenvalue weighted by atomic mass is 35.5. The number of aromatic nitrogens is 1. The Bertz CT molecular complexity index is 1120. The zero-order chi connectivity index (χ0) is 21.0. The molecule has 1 amide bonds. The Hall–Kier alpha value is -2.90. The largest absolute Gasteiger partial charge is 0.348 e. The van der Waals surface area contributed by atoms with Crippen molar-refractivity contribution in [3.8, 4) is 0 Å². The van der Waals surface area contributed by atoms with Crippen LogP contribution in [0.25, 0.3) is 0 Å². The van der Waals surface area contributed by atoms with E-state index in [4.69, 9.17) is 11.6 Å². The lowest BCUT2D eigenvalue weighted by Crippen LogP contribution is -2.28. The van der Waals surface area contributed by atoms with Crippen molar-refractivity contribution < 1.29 is 13.2 Å². The van der Waals surface area contributed by atoms with E-state index < -0.39 is 10.0 Å². The topological polar surface area (TPSA) is 79.4 Å². The zero-order valence-corrected chi connectivity index (χ0v) is 17.5. The van der Waals surface area contributed by atoms with Gasteiger partial charge in [0, 0.05) is 36.6 Å². The molecule has 0 fully saturated rings. The summed E-state index contributed by atoms with van der Waals surface area (Å²) in [5.41, 5.74) is 2.45. The van der Waals surface area contributed by atoms with E-state index in [0.29, 0.717) is 22.8 Å². The van der Waals surface area contributed by atoms with Crippen LogP contribution in [0.15, 0.2) is 71.9 Å². The monoisotopic (exact) mass is 429 g/mol. The molecular formula is C21H20ClN3O3S. The summed E-state index contributed by atoms with van der Waals surface area (Å²) in [6.07, 6.45) is 3.31. The molecule has 0 spiro atoms. The quantitative estimate of drug-likeness (QED) is 0.646. The molecular weight excluding hydrogens is 410 g/mol. The molecule has 1 N–H and O–H groups in total. The number of pyridine rings is 1. The number of carbonyl (C=O) groups excluding carboxylic acids is 1. The maximum Gasteiger partial charge on any atom is 0.264 e. The minimum absolute atomic E-state index is 0.122. The highest BCUT2D eigenvalue weighted by Crippen LogP contribution is 2.27. The third-order valence-corrected chi connectivity index (χ3v) is 6.52. The van der Waals surface area contributed by atoms with Gasteiger partial charge in [0.1, 0.15) is 0 Å². The van der Waals surface area contributed by atoms with E-state index >= 15 is 0 Å². The van der Waals surface area contributed by atoms with Gasteiger partial charge >= 0.3 is 0 Å². The average Bonchev–Trinajstić information content (AvgIpc) is 2.73. The predicted molar refractivity (Wildman–Crippen MR) is 114 cm³/mol. The summed E-state index contributed by atoms with van der Waals surface area (Å²) in [5.74, 6) is -0.291. The van der Waals surface area contributed by atoms with Crippen LogP contribution >= 0.6 is 11.6 Å². The third-order valence-electron chi connectivity index (χ3n) is 4.49. The van der Waals surface area contributed by atoms with E-state index in [0.717, 1.165) is 11.1 Å². The molecule has 0 saturated heterocycles. The van der Waals surface area contributed by atoms with Gasteiger partial charge < -0.3 is 5.32 Å². The van der Waals surface area contributed by atoms with E-state index in [1.165, 1.54) is 35.6 Å². The number of hydrogen-bond donors (Lipinski definition) is 1. The lowest BCUT2D eigenvalue weighted by molar-refractivity contribution is 0.0951. The second-order valence-electron chi connectivity index (χ2n) is 6.47. The van der Waals surface area contributed by atoms with Gasteiger partial charge in [-0.05, 0) is 66.6 Å². The summed E-state index contributed by atoms with van der Waals surface area (Å²) in [4.78, 5) is 16.6. The first-order valence-corrected chi connectivity index (χ1v) is 10.6. The standard InChI is InChI=1S/C21H20ClN3O3S/c1-15-3-4-17(21(26)24-14-16-9-11-23-12-10-16)13-20(15)25(2)29(27,28)19-7-5-18(22)6-8-19/h3-13H,14H2,1-2H3,(H,24,26). The Morgan fingerprint density at radius 3 is 2.38 bits per heavy atom. The Balaban J connectivity index is 1.84. The van der Waals surface area contributed by atoms with Crippen LogP contribution in [0.1, 0.15) is 21.5 Å². The number of anilines is 1. The fourth-order valence-corrected chi connectivity index (χ4v) is 4.15. The number of nitrogens with zero attached hydrogens (tertiary/aromatic N) is 2. The van der Waals surface area contributed by atoms with Crippen LogP contribution < -0.4 is 9.62 Å². The molecule has 0 saturated carbocycles. The average molecular weight is 430 g/mol. The van der Waals surface area contributed by atoms with Crippen LogP contribution in [0, 0.1) is 6.92 Å². The second-order valence-corrected chi connectivity index (χ2v) is 8.87. The van der Waals surface area contributed by atoms with Crippen LogP contribution in [-0.2, 0) is 16.6 Å². The first-order chi connectivity index (χ1) is 13.8. The van der Waals surface area contributed by atoms with Crippen LogP contribution in [0.3, 0.4) is 0 Å². The summed E-state index contributed by atoms with van der Waals surface area (Å²) >= 11 is 5.86. The van der Waals surface area contributed by atoms with Gasteiger partial charge in [-0.2, -0.15) is 0 Å². The summed E-state index contributed by atoms with van der Waals surface area (Å²) in [5, 5.41) is 3.28. The number of hydrogen-bond acceptors (Lipinski definition) is 4. The van der Waals surface area contributed by atoms with E-state index in [1.54, 1.807) is 37.5 Å². The molecule has 3 rings (SSSR count). The first-order valence-electron chi connectivity index (χ1n) is 8.81. The zero-order valence-electron chi connectivity index (χ0n) is 16.0. The number of sulfonamides is 1. The van der Waals surface area contributed by atoms with E-state index in [9.17, 15) is 13.2 Å². The van der Waals surface area contributed by atoms with Crippen molar-refractivity contribution in [2.45, 2.75) is 18.4 Å². The van der Waals surface area contributed by atoms with Crippen molar-refractivity contribution in [1.29, 1.82) is 0 Å². The molecule has 0 aliphatic carbocycles. The van der Waals surface area contributed by atoms with Crippen molar-refractivity contribution in [1.82, 2.24) is 10.3 Å². The molecule has 1 heterocycles. The van der Waals surface area contributed by atoms with Gasteiger partial charge in [0.15, 0.2) is 0 Å². The fourth-order valence-electron chi connectivity index (χ4n) is 2.77. The number of carbonyl (C=O) groups is 1. The molecule has 0 radical (unpaired) electrons. The Kier molecular flexibility index (Phi) is 6.20. The smallest absolute Gasteiger partial charge is 0.264 e. The SMILES string of the molecule is Cc1ccc(C(=O)NCc2ccncc2)cc1N(C)S(=O)(=O)c1ccc(Cl)cc1. The van der Waals surface area contributed by atoms with Crippen LogP contribution in [0.2, 0.25) is 5.02 Å². The molecule has 8 heteroatoms. The van der Waals surface area contributed by atoms with Crippen molar-refractivity contribution in [2.75, 3.05) is 11.4 Å². The Morgan fingerprint density at radius 1 is 1.07 bits per heavy atom. The number of halogens is 1. The lowest BCUT2D eigenvalue weighted by Gasteiger charge is -2.22. The van der Waals surface area contributed by atoms with Crippen LogP contribution in [0.5, 0.6) is 0 Å². The van der Waals surface area contributed by atoms with Crippen molar-refractivity contribution in [2.24, 2.45) is 0 Å². The Morgan fingerprint density at radius 2 is 1.72 bits per heavy atom. The van der Waals surface area contributed by atoms with Crippen molar-refractivity contribution in [3.05, 3.63) is 88.7 Å². The number of amides is 1. The second kappa shape index (κ2) is 8.63. The van der Waals surface area contributed by atoms with Gasteiger partial charge in [0.25, 0.3) is 15.9 Å². The molecule has 3 aromatic rings. The summed E-state index contributed by atoms with van der Waals surface area (Å²) in [6.45, 7) is 2.14. The maximum absolute atomic E-state index is 13.0. The van der Waals surface area contributed by atoms with E-state index in [-0.39, 0.29) is 10.8 Å². The minimum atomic E-state index is -3.79. The molecule has 2 aromatic carbocycles. The minimum Gasteiger partial charge on any atom is -0.348 e. The van der Waals surface area contributed by atoms with Crippen LogP contribution in [0.4, 0.5) is 5.69 Å². The lowest BCUT2D eigenvalue weighted by atomic mass is 10.1. The normalized spacial score (nSPS) is 11.1. The molecule has 29 heavy (non-hydrogen) atoms. The fraction of sp³-hybridized carbons (Fsp3) is 0.143. The maximum atomic E-state index is 13.0. The predicted octanol–water partition coefficient (Wildman–Crippen LogP) is 3.80. The molecule has 0 bridgehead atoms. The highest BCUT2D eigenvalue weighted by Gasteiger charge is 2.23. The van der Waals surface area contributed by atoms with Gasteiger partial charge in [-0.25, -0.2) is 8.42 Å². The third kappa shape index (κ3) is 4.75. The molecule has 0 unspecified atom stereocenters. The van der Waals surface area contributed by atoms with E-state index in [2.05, 4.69) is 10.3 Å². The summed E-state index contributed by atoms with van der Waals surface area (Å²) < 4.78 is 27.1. The first kappa shape index (κ1) is 20.8. The molecule has 0 atom stereocenters. The van der Waals surface area contributed by atoms with E-state index in [1.807, 2.05) is 12.1 Å². The van der Waals surface area contributed by atoms with Crippen molar-refractivity contribution in [3.63, 3.8) is 0 Å². The summed E-state index contributed by atoms with van der Waals surface area (Å²) in [7, 11) is -2.33. The van der Waals surface area contributed by atoms with Gasteiger partial charge in [0.2, 0.25) is 0 Å². The molecule has 0 aliphatic heterocycles. The molecule has 1 aromatic heterocycles. The van der Waals surface area contributed by atoms with Gasteiger partial charge in [-0.3, -0.25) is 14.1 Å². The van der Waals surface area contributed by atoms with Gasteiger partial charge in [-0.15, -0.1) is 0 Å². The van der Waals surface area contributed by atoms with Crippen molar-refractivity contribution >= 4 is 33.2 Å². The van der Waals surface area contributed by atoms with Gasteiger partial charge in [-0.1, -0.05) is 17.7 Å². The number of benzene rings is 2. The van der Waals surface area contributed by atoms with Gasteiger partial charge in [0.05, 0.1) is 10.6 Å². The number of rotatable bonds is 6. The summed E-state index contributed by atoms with van der Waals surface area (Å²) in [6, 6.07) is 14.6. The molecule has 0 aliphatic rings. The van der Waals surface area contributed by atoms with Crippen LogP contribution in [-0.4, -0.2) is 26.4 Å². The number of aryl methyl sites for hydroxylation is 1. The Labute approximate surface area is 175 Å². The molecule has 150 valence electrons. The number of nitrogens with one attached hydrogen (secondary N) is 1.